The number of phosphoric acid groups is 1. The summed E-state index contributed by atoms with van der Waals surface area (Å²) in [6.07, 6.45) is 53.8. The summed E-state index contributed by atoms with van der Waals surface area (Å²) in [6.45, 7) is 3.97. The van der Waals surface area contributed by atoms with E-state index < -0.39 is 20.0 Å². The van der Waals surface area contributed by atoms with Gasteiger partial charge in [0.15, 0.2) is 0 Å². The van der Waals surface area contributed by atoms with Crippen molar-refractivity contribution in [3.8, 4) is 0 Å². The molecule has 0 bridgehead atoms. The first-order valence-electron chi connectivity index (χ1n) is 22.1. The Morgan fingerprint density at radius 2 is 1.07 bits per heavy atom. The Morgan fingerprint density at radius 3 is 1.62 bits per heavy atom. The van der Waals surface area contributed by atoms with Crippen molar-refractivity contribution in [1.82, 2.24) is 5.32 Å². The fourth-order valence-corrected chi connectivity index (χ4v) is 6.70. The van der Waals surface area contributed by atoms with Crippen molar-refractivity contribution in [2.45, 2.75) is 193 Å². The molecule has 0 radical (unpaired) electrons. The standard InChI is InChI=1S/C46H83N2O6P/c1-3-5-7-9-11-13-15-17-19-21-22-24-25-27-29-31-33-35-37-39-45(49)44(43-54-55(51,52)53-42-41-47)48-46(50)40-38-36-34-32-30-28-26-23-20-18-16-14-12-10-8-6-4-2/h6,8,12,14,18,20,22,24,29,31,37,39,44-45,49H,3-5,7,9-11,13,15-17,19,21,23,25-28,30,32-36,38,40-43,47H2,1-2H3,(H,48,50)(H,51,52)/b8-6-,14-12-,20-18-,24-22+,31-29+,39-37+. The average Bonchev–Trinajstić information content (AvgIpc) is 3.17. The van der Waals surface area contributed by atoms with Crippen molar-refractivity contribution in [2.75, 3.05) is 19.8 Å². The van der Waals surface area contributed by atoms with Crippen molar-refractivity contribution in [2.24, 2.45) is 5.73 Å². The van der Waals surface area contributed by atoms with E-state index in [0.29, 0.717) is 6.42 Å². The minimum absolute atomic E-state index is 0.0666. The molecule has 0 heterocycles. The van der Waals surface area contributed by atoms with Crippen LogP contribution in [0, 0.1) is 0 Å². The van der Waals surface area contributed by atoms with Gasteiger partial charge in [-0.05, 0) is 77.0 Å². The molecule has 3 unspecified atom stereocenters. The molecule has 0 aliphatic rings. The Hall–Kier alpha value is -2.06. The maximum absolute atomic E-state index is 12.8. The first-order valence-corrected chi connectivity index (χ1v) is 23.6. The van der Waals surface area contributed by atoms with Crippen LogP contribution in [0.4, 0.5) is 0 Å². The van der Waals surface area contributed by atoms with Gasteiger partial charge in [0.25, 0.3) is 0 Å². The minimum atomic E-state index is -4.36. The van der Waals surface area contributed by atoms with E-state index in [1.165, 1.54) is 83.5 Å². The fourth-order valence-electron chi connectivity index (χ4n) is 5.94. The molecular weight excluding hydrogens is 707 g/mol. The predicted molar refractivity (Wildman–Crippen MR) is 235 cm³/mol. The highest BCUT2D eigenvalue weighted by atomic mass is 31.2. The molecule has 0 aromatic rings. The number of rotatable bonds is 40. The van der Waals surface area contributed by atoms with Crippen LogP contribution in [-0.2, 0) is 18.4 Å². The molecule has 5 N–H and O–H groups in total. The van der Waals surface area contributed by atoms with Crippen LogP contribution in [-0.4, -0.2) is 47.8 Å². The molecule has 8 nitrogen and oxygen atoms in total. The molecule has 0 saturated carbocycles. The van der Waals surface area contributed by atoms with E-state index in [1.807, 2.05) is 6.08 Å². The highest BCUT2D eigenvalue weighted by molar-refractivity contribution is 7.47. The molecule has 318 valence electrons. The first kappa shape index (κ1) is 52.9. The minimum Gasteiger partial charge on any atom is -0.387 e. The van der Waals surface area contributed by atoms with E-state index in [-0.39, 0.29) is 25.7 Å². The van der Waals surface area contributed by atoms with Crippen LogP contribution in [0.5, 0.6) is 0 Å². The molecule has 0 aliphatic heterocycles. The number of hydrogen-bond acceptors (Lipinski definition) is 6. The van der Waals surface area contributed by atoms with Gasteiger partial charge in [-0.1, -0.05) is 170 Å². The molecule has 0 fully saturated rings. The van der Waals surface area contributed by atoms with Crippen LogP contribution in [0.1, 0.15) is 181 Å². The zero-order valence-electron chi connectivity index (χ0n) is 35.1. The summed E-state index contributed by atoms with van der Waals surface area (Å²) in [6, 6.07) is -0.892. The van der Waals surface area contributed by atoms with Crippen LogP contribution < -0.4 is 11.1 Å². The van der Waals surface area contributed by atoms with Gasteiger partial charge in [0.2, 0.25) is 5.91 Å². The maximum Gasteiger partial charge on any atom is 0.472 e. The van der Waals surface area contributed by atoms with Crippen molar-refractivity contribution >= 4 is 13.7 Å². The predicted octanol–water partition coefficient (Wildman–Crippen LogP) is 12.4. The zero-order valence-corrected chi connectivity index (χ0v) is 36.0. The lowest BCUT2D eigenvalue weighted by molar-refractivity contribution is -0.123. The van der Waals surface area contributed by atoms with Crippen LogP contribution >= 0.6 is 7.82 Å². The SMILES string of the molecule is CC/C=C\C/C=C\C/C=C\CCCCCCCCCC(=O)NC(COP(=O)(O)OCCN)C(O)/C=C/CC/C=C/CC/C=C/CCCCCCCCCCC. The number of nitrogens with two attached hydrogens (primary N) is 1. The summed E-state index contributed by atoms with van der Waals surface area (Å²) in [5.41, 5.74) is 5.37. The second-order valence-corrected chi connectivity index (χ2v) is 16.0. The van der Waals surface area contributed by atoms with E-state index >= 15 is 0 Å². The van der Waals surface area contributed by atoms with E-state index in [2.05, 4.69) is 79.9 Å². The monoisotopic (exact) mass is 791 g/mol. The number of hydrogen-bond donors (Lipinski definition) is 4. The lowest BCUT2D eigenvalue weighted by Crippen LogP contribution is -2.45. The largest absolute Gasteiger partial charge is 0.472 e. The number of carbonyl (C=O) groups excluding carboxylic acids is 1. The normalized spacial score (nSPS) is 14.8. The molecule has 0 rings (SSSR count). The third-order valence-electron chi connectivity index (χ3n) is 9.24. The van der Waals surface area contributed by atoms with Gasteiger partial charge >= 0.3 is 7.82 Å². The average molecular weight is 791 g/mol. The maximum atomic E-state index is 12.8. The molecule has 0 saturated heterocycles. The second kappa shape index (κ2) is 41.6. The Morgan fingerprint density at radius 1 is 0.618 bits per heavy atom. The van der Waals surface area contributed by atoms with E-state index in [1.54, 1.807) is 6.08 Å². The molecule has 9 heteroatoms. The number of carbonyl (C=O) groups is 1. The van der Waals surface area contributed by atoms with E-state index in [9.17, 15) is 19.4 Å². The number of unbranched alkanes of at least 4 members (excludes halogenated alkanes) is 18. The van der Waals surface area contributed by atoms with Gasteiger partial charge in [0, 0.05) is 13.0 Å². The number of allylic oxidation sites excluding steroid dienone is 11. The van der Waals surface area contributed by atoms with Gasteiger partial charge in [0.1, 0.15) is 0 Å². The summed E-state index contributed by atoms with van der Waals surface area (Å²) < 4.78 is 22.1. The molecule has 55 heavy (non-hydrogen) atoms. The van der Waals surface area contributed by atoms with Gasteiger partial charge in [0.05, 0.1) is 25.4 Å². The fraction of sp³-hybridized carbons (Fsp3) is 0.717. The van der Waals surface area contributed by atoms with E-state index in [4.69, 9.17) is 14.8 Å². The van der Waals surface area contributed by atoms with Gasteiger partial charge in [-0.15, -0.1) is 0 Å². The van der Waals surface area contributed by atoms with Crippen molar-refractivity contribution in [3.05, 3.63) is 72.9 Å². The van der Waals surface area contributed by atoms with Gasteiger partial charge in [-0.2, -0.15) is 0 Å². The lowest BCUT2D eigenvalue weighted by atomic mass is 10.1. The number of phosphoric ester groups is 1. The van der Waals surface area contributed by atoms with Crippen molar-refractivity contribution < 1.29 is 28.4 Å². The molecule has 1 amide bonds. The highest BCUT2D eigenvalue weighted by Gasteiger charge is 2.26. The Balaban J connectivity index is 4.32. The Labute approximate surface area is 337 Å². The summed E-state index contributed by atoms with van der Waals surface area (Å²) in [7, 11) is -4.36. The third kappa shape index (κ3) is 40.0. The number of aliphatic hydroxyl groups excluding tert-OH is 1. The Bertz CT molecular complexity index is 1090. The quantitative estimate of drug-likeness (QED) is 0.0276. The Kier molecular flexibility index (Phi) is 40.0. The molecular formula is C46H83N2O6P. The number of amides is 1. The first-order chi connectivity index (χ1) is 26.9. The summed E-state index contributed by atoms with van der Waals surface area (Å²) in [4.78, 5) is 22.7. The molecule has 0 aliphatic carbocycles. The third-order valence-corrected chi connectivity index (χ3v) is 10.2. The van der Waals surface area contributed by atoms with Crippen molar-refractivity contribution in [1.29, 1.82) is 0 Å². The second-order valence-electron chi connectivity index (χ2n) is 14.5. The highest BCUT2D eigenvalue weighted by Crippen LogP contribution is 2.43. The summed E-state index contributed by atoms with van der Waals surface area (Å²) >= 11 is 0. The zero-order chi connectivity index (χ0) is 40.3. The topological polar surface area (TPSA) is 131 Å². The van der Waals surface area contributed by atoms with Gasteiger partial charge < -0.3 is 21.1 Å². The smallest absolute Gasteiger partial charge is 0.387 e. The van der Waals surface area contributed by atoms with Crippen LogP contribution in [0.3, 0.4) is 0 Å². The summed E-state index contributed by atoms with van der Waals surface area (Å²) in [5, 5.41) is 13.6. The van der Waals surface area contributed by atoms with Crippen molar-refractivity contribution in [3.63, 3.8) is 0 Å². The molecule has 0 spiro atoms. The molecule has 3 atom stereocenters. The van der Waals surface area contributed by atoms with Crippen LogP contribution in [0.2, 0.25) is 0 Å². The van der Waals surface area contributed by atoms with Crippen LogP contribution in [0.15, 0.2) is 72.9 Å². The molecule has 0 aromatic carbocycles. The summed E-state index contributed by atoms with van der Waals surface area (Å²) in [5.74, 6) is -0.221. The van der Waals surface area contributed by atoms with Crippen LogP contribution in [0.25, 0.3) is 0 Å². The lowest BCUT2D eigenvalue weighted by Gasteiger charge is -2.23. The van der Waals surface area contributed by atoms with Gasteiger partial charge in [-0.3, -0.25) is 13.8 Å². The number of nitrogens with one attached hydrogen (secondary N) is 1. The van der Waals surface area contributed by atoms with E-state index in [0.717, 1.165) is 77.0 Å². The molecule has 0 aromatic heterocycles. The van der Waals surface area contributed by atoms with Gasteiger partial charge in [-0.25, -0.2) is 4.57 Å². The number of aliphatic hydroxyl groups is 1.